The molecule has 1 heterocycles. The van der Waals surface area contributed by atoms with Gasteiger partial charge in [-0.15, -0.1) is 0 Å². The molecule has 0 bridgehead atoms. The largest absolute Gasteiger partial charge is 0.351 e. The van der Waals surface area contributed by atoms with E-state index in [1.807, 2.05) is 36.4 Å². The molecule has 0 aliphatic rings. The number of hydrogen-bond acceptors (Lipinski definition) is 3. The molecular formula is C17H24N4O. The van der Waals surface area contributed by atoms with Crippen molar-refractivity contribution in [2.45, 2.75) is 32.6 Å². The van der Waals surface area contributed by atoms with Crippen LogP contribution < -0.4 is 11.1 Å². The summed E-state index contributed by atoms with van der Waals surface area (Å²) in [6, 6.07) is 11.6. The molecule has 5 heteroatoms. The Morgan fingerprint density at radius 3 is 2.64 bits per heavy atom. The summed E-state index contributed by atoms with van der Waals surface area (Å²) in [5, 5.41) is 7.52. The van der Waals surface area contributed by atoms with Gasteiger partial charge in [0.25, 0.3) is 5.91 Å². The zero-order valence-corrected chi connectivity index (χ0v) is 13.2. The Bertz CT molecular complexity index is 604. The van der Waals surface area contributed by atoms with Gasteiger partial charge in [-0.1, -0.05) is 32.0 Å². The second-order valence-corrected chi connectivity index (χ2v) is 5.61. The highest BCUT2D eigenvalue weighted by molar-refractivity contribution is 5.93. The Hall–Kier alpha value is -2.14. The van der Waals surface area contributed by atoms with Crippen LogP contribution >= 0.6 is 0 Å². The van der Waals surface area contributed by atoms with Gasteiger partial charge in [-0.2, -0.15) is 5.10 Å². The summed E-state index contributed by atoms with van der Waals surface area (Å²) >= 11 is 0. The molecular weight excluding hydrogens is 276 g/mol. The number of benzene rings is 1. The van der Waals surface area contributed by atoms with Crippen LogP contribution in [0.5, 0.6) is 0 Å². The van der Waals surface area contributed by atoms with Gasteiger partial charge < -0.3 is 11.1 Å². The van der Waals surface area contributed by atoms with Gasteiger partial charge >= 0.3 is 0 Å². The first-order chi connectivity index (χ1) is 10.6. The Balaban J connectivity index is 2.23. The summed E-state index contributed by atoms with van der Waals surface area (Å²) in [7, 11) is 0. The number of hydrogen-bond donors (Lipinski definition) is 2. The third-order valence-corrected chi connectivity index (χ3v) is 3.47. The highest BCUT2D eigenvalue weighted by atomic mass is 16.2. The topological polar surface area (TPSA) is 72.9 Å². The van der Waals surface area contributed by atoms with E-state index in [-0.39, 0.29) is 11.8 Å². The van der Waals surface area contributed by atoms with Crippen molar-refractivity contribution in [1.82, 2.24) is 15.1 Å². The summed E-state index contributed by atoms with van der Waals surface area (Å²) < 4.78 is 1.72. The van der Waals surface area contributed by atoms with E-state index in [1.165, 1.54) is 0 Å². The monoisotopic (exact) mass is 300 g/mol. The Kier molecular flexibility index (Phi) is 5.72. The highest BCUT2D eigenvalue weighted by Gasteiger charge is 2.17. The van der Waals surface area contributed by atoms with Crippen molar-refractivity contribution in [3.63, 3.8) is 0 Å². The number of carbonyl (C=O) groups excluding carboxylic acids is 1. The summed E-state index contributed by atoms with van der Waals surface area (Å²) in [5.74, 6) is 0.175. The number of nitrogens with one attached hydrogen (secondary N) is 1. The first kappa shape index (κ1) is 16.2. The van der Waals surface area contributed by atoms with Crippen LogP contribution in [0.4, 0.5) is 0 Å². The maximum Gasteiger partial charge on any atom is 0.270 e. The molecule has 0 unspecified atom stereocenters. The summed E-state index contributed by atoms with van der Waals surface area (Å²) in [5.41, 5.74) is 7.84. The molecule has 3 N–H and O–H groups in total. The van der Waals surface area contributed by atoms with E-state index in [2.05, 4.69) is 24.3 Å². The molecule has 0 atom stereocenters. The second-order valence-electron chi connectivity index (χ2n) is 5.61. The van der Waals surface area contributed by atoms with E-state index in [4.69, 9.17) is 5.73 Å². The number of aromatic nitrogens is 2. The second kappa shape index (κ2) is 7.75. The average Bonchev–Trinajstić information content (AvgIpc) is 2.98. The number of rotatable bonds is 7. The van der Waals surface area contributed by atoms with Crippen LogP contribution in [-0.4, -0.2) is 28.8 Å². The minimum absolute atomic E-state index is 0.0970. The molecule has 22 heavy (non-hydrogen) atoms. The van der Waals surface area contributed by atoms with Crippen LogP contribution in [-0.2, 0) is 0 Å². The molecule has 118 valence electrons. The minimum Gasteiger partial charge on any atom is -0.351 e. The third kappa shape index (κ3) is 3.95. The van der Waals surface area contributed by atoms with E-state index in [0.29, 0.717) is 18.8 Å². The molecule has 1 aromatic heterocycles. The molecule has 0 aliphatic heterocycles. The van der Waals surface area contributed by atoms with Crippen molar-refractivity contribution in [3.8, 4) is 5.69 Å². The number of carbonyl (C=O) groups is 1. The lowest BCUT2D eigenvalue weighted by Gasteiger charge is -2.08. The van der Waals surface area contributed by atoms with Crippen molar-refractivity contribution in [1.29, 1.82) is 0 Å². The zero-order valence-electron chi connectivity index (χ0n) is 13.2. The molecule has 1 aromatic carbocycles. The smallest absolute Gasteiger partial charge is 0.270 e. The van der Waals surface area contributed by atoms with Gasteiger partial charge in [0.15, 0.2) is 0 Å². The Morgan fingerprint density at radius 2 is 2.00 bits per heavy atom. The van der Waals surface area contributed by atoms with Crippen LogP contribution in [0.25, 0.3) is 5.69 Å². The van der Waals surface area contributed by atoms with Gasteiger partial charge in [-0.3, -0.25) is 4.79 Å². The summed E-state index contributed by atoms with van der Waals surface area (Å²) in [6.45, 7) is 5.42. The molecule has 0 spiro atoms. The number of para-hydroxylation sites is 1. The fourth-order valence-corrected chi connectivity index (χ4v) is 2.17. The van der Waals surface area contributed by atoms with Gasteiger partial charge in [0.1, 0.15) is 5.69 Å². The van der Waals surface area contributed by atoms with Gasteiger partial charge in [-0.25, -0.2) is 4.68 Å². The molecule has 5 nitrogen and oxygen atoms in total. The van der Waals surface area contributed by atoms with Crippen LogP contribution in [0.2, 0.25) is 0 Å². The summed E-state index contributed by atoms with van der Waals surface area (Å²) in [6.07, 6.45) is 1.80. The minimum atomic E-state index is -0.0970. The zero-order chi connectivity index (χ0) is 15.9. The first-order valence-electron chi connectivity index (χ1n) is 7.77. The van der Waals surface area contributed by atoms with Crippen LogP contribution in [0, 0.1) is 0 Å². The SMILES string of the molecule is CC(C)c1cc(C(=O)NCCCCN)n(-c2ccccc2)n1. The van der Waals surface area contributed by atoms with E-state index in [0.717, 1.165) is 24.2 Å². The van der Waals surface area contributed by atoms with E-state index >= 15 is 0 Å². The van der Waals surface area contributed by atoms with Crippen molar-refractivity contribution >= 4 is 5.91 Å². The molecule has 0 aliphatic carbocycles. The lowest BCUT2D eigenvalue weighted by Crippen LogP contribution is -2.27. The van der Waals surface area contributed by atoms with Crippen molar-refractivity contribution < 1.29 is 4.79 Å². The molecule has 0 fully saturated rings. The predicted octanol–water partition coefficient (Wildman–Crippen LogP) is 2.46. The fraction of sp³-hybridized carbons (Fsp3) is 0.412. The van der Waals surface area contributed by atoms with Gasteiger partial charge in [0.2, 0.25) is 0 Å². The van der Waals surface area contributed by atoms with Gasteiger partial charge in [0.05, 0.1) is 11.4 Å². The maximum absolute atomic E-state index is 12.4. The summed E-state index contributed by atoms with van der Waals surface area (Å²) in [4.78, 5) is 12.4. The normalized spacial score (nSPS) is 10.9. The van der Waals surface area contributed by atoms with E-state index < -0.39 is 0 Å². The van der Waals surface area contributed by atoms with E-state index in [9.17, 15) is 4.79 Å². The average molecular weight is 300 g/mol. The van der Waals surface area contributed by atoms with Crippen LogP contribution in [0.15, 0.2) is 36.4 Å². The Labute approximate surface area is 131 Å². The molecule has 1 amide bonds. The maximum atomic E-state index is 12.4. The standard InChI is InChI=1S/C17H24N4O/c1-13(2)15-12-16(17(22)19-11-7-6-10-18)21(20-15)14-8-4-3-5-9-14/h3-5,8-9,12-13H,6-7,10-11,18H2,1-2H3,(H,19,22). The number of unbranched alkanes of at least 4 members (excludes halogenated alkanes) is 1. The van der Waals surface area contributed by atoms with Crippen molar-refractivity contribution in [2.24, 2.45) is 5.73 Å². The molecule has 0 saturated heterocycles. The third-order valence-electron chi connectivity index (χ3n) is 3.47. The van der Waals surface area contributed by atoms with E-state index in [1.54, 1.807) is 4.68 Å². The quantitative estimate of drug-likeness (QED) is 0.771. The van der Waals surface area contributed by atoms with Crippen molar-refractivity contribution in [3.05, 3.63) is 47.8 Å². The van der Waals surface area contributed by atoms with Crippen molar-refractivity contribution in [2.75, 3.05) is 13.1 Å². The number of nitrogens with two attached hydrogens (primary N) is 1. The van der Waals surface area contributed by atoms with Crippen LogP contribution in [0.3, 0.4) is 0 Å². The lowest BCUT2D eigenvalue weighted by molar-refractivity contribution is 0.0945. The predicted molar refractivity (Wildman–Crippen MR) is 88.3 cm³/mol. The molecule has 0 saturated carbocycles. The lowest BCUT2D eigenvalue weighted by atomic mass is 10.1. The number of nitrogens with zero attached hydrogens (tertiary/aromatic N) is 2. The highest BCUT2D eigenvalue weighted by Crippen LogP contribution is 2.18. The molecule has 2 rings (SSSR count). The van der Waals surface area contributed by atoms with Gasteiger partial charge in [-0.05, 0) is 43.5 Å². The van der Waals surface area contributed by atoms with Gasteiger partial charge in [0, 0.05) is 6.54 Å². The molecule has 0 radical (unpaired) electrons. The fourth-order valence-electron chi connectivity index (χ4n) is 2.17. The number of amides is 1. The molecule has 2 aromatic rings. The first-order valence-corrected chi connectivity index (χ1v) is 7.77. The van der Waals surface area contributed by atoms with Crippen LogP contribution in [0.1, 0.15) is 48.8 Å². The Morgan fingerprint density at radius 1 is 1.27 bits per heavy atom.